The van der Waals surface area contributed by atoms with Gasteiger partial charge in [0.1, 0.15) is 0 Å². The van der Waals surface area contributed by atoms with Crippen LogP contribution in [0.2, 0.25) is 0 Å². The van der Waals surface area contributed by atoms with Crippen molar-refractivity contribution < 1.29 is 4.48 Å². The third kappa shape index (κ3) is 0.831. The predicted octanol–water partition coefficient (Wildman–Crippen LogP) is 1.87. The highest BCUT2D eigenvalue weighted by molar-refractivity contribution is 4.93. The van der Waals surface area contributed by atoms with Crippen molar-refractivity contribution in [3.05, 3.63) is 12.3 Å². The number of hydrogen-bond donors (Lipinski definition) is 0. The molecule has 0 spiro atoms. The van der Waals surface area contributed by atoms with Crippen molar-refractivity contribution in [2.45, 2.75) is 25.8 Å². The van der Waals surface area contributed by atoms with Crippen LogP contribution in [-0.2, 0) is 0 Å². The number of nitrogens with zero attached hydrogens (tertiary/aromatic N) is 1. The summed E-state index contributed by atoms with van der Waals surface area (Å²) in [6.07, 6.45) is 5.11. The Bertz CT molecular complexity index is 101. The highest BCUT2D eigenvalue weighted by atomic mass is 19.2. The van der Waals surface area contributed by atoms with E-state index in [-0.39, 0.29) is 6.04 Å². The van der Waals surface area contributed by atoms with Crippen molar-refractivity contribution in [3.8, 4) is 0 Å². The first-order chi connectivity index (χ1) is 3.84. The van der Waals surface area contributed by atoms with Gasteiger partial charge in [-0.25, -0.2) is 5.12 Å². The first kappa shape index (κ1) is 5.60. The quantitative estimate of drug-likeness (QED) is 0.471. The van der Waals surface area contributed by atoms with Crippen molar-refractivity contribution in [3.63, 3.8) is 0 Å². The summed E-state index contributed by atoms with van der Waals surface area (Å²) in [5.41, 5.74) is 0. The lowest BCUT2D eigenvalue weighted by atomic mass is 10.2. The molecule has 8 heavy (non-hydrogen) atoms. The van der Waals surface area contributed by atoms with Gasteiger partial charge in [-0.1, -0.05) is 13.0 Å². The fourth-order valence-electron chi connectivity index (χ4n) is 0.882. The van der Waals surface area contributed by atoms with E-state index in [1.165, 1.54) is 6.20 Å². The molecule has 1 nitrogen and oxygen atoms in total. The summed E-state index contributed by atoms with van der Waals surface area (Å²) in [4.78, 5) is 0. The lowest BCUT2D eigenvalue weighted by molar-refractivity contribution is 0.0485. The molecule has 0 N–H and O–H groups in total. The molecule has 0 aromatic carbocycles. The Balaban J connectivity index is 2.38. The molecule has 0 aromatic heterocycles. The average molecular weight is 115 g/mol. The zero-order valence-corrected chi connectivity index (χ0v) is 4.97. The second-order valence-electron chi connectivity index (χ2n) is 2.03. The fraction of sp³-hybridized carbons (Fsp3) is 0.667. The molecule has 0 radical (unpaired) electrons. The van der Waals surface area contributed by atoms with Crippen molar-refractivity contribution >= 4 is 0 Å². The molecule has 2 heteroatoms. The van der Waals surface area contributed by atoms with Gasteiger partial charge in [0.2, 0.25) is 0 Å². The predicted molar refractivity (Wildman–Crippen MR) is 30.8 cm³/mol. The maximum atomic E-state index is 12.3. The van der Waals surface area contributed by atoms with Crippen LogP contribution >= 0.6 is 0 Å². The molecule has 0 saturated carbocycles. The van der Waals surface area contributed by atoms with Crippen LogP contribution in [0.4, 0.5) is 4.48 Å². The second kappa shape index (κ2) is 2.16. The SMILES string of the molecule is CCC1CC=CN1F. The molecular weight excluding hydrogens is 105 g/mol. The fourth-order valence-corrected chi connectivity index (χ4v) is 0.882. The van der Waals surface area contributed by atoms with Crippen LogP contribution in [-0.4, -0.2) is 11.2 Å². The molecule has 1 rings (SSSR count). The minimum Gasteiger partial charge on any atom is -0.216 e. The lowest BCUT2D eigenvalue weighted by Gasteiger charge is -2.11. The minimum atomic E-state index is 0.120. The van der Waals surface area contributed by atoms with Crippen molar-refractivity contribution in [1.82, 2.24) is 5.12 Å². The molecule has 1 aliphatic heterocycles. The van der Waals surface area contributed by atoms with Crippen LogP contribution in [0.1, 0.15) is 19.8 Å². The summed E-state index contributed by atoms with van der Waals surface area (Å²) in [5, 5.41) is 0.778. The van der Waals surface area contributed by atoms with Crippen LogP contribution in [0.5, 0.6) is 0 Å². The third-order valence-electron chi connectivity index (χ3n) is 1.48. The monoisotopic (exact) mass is 115 g/mol. The molecule has 0 bridgehead atoms. The molecule has 0 saturated heterocycles. The smallest absolute Gasteiger partial charge is 0.0641 e. The Morgan fingerprint density at radius 2 is 2.62 bits per heavy atom. The van der Waals surface area contributed by atoms with Crippen LogP contribution < -0.4 is 0 Å². The van der Waals surface area contributed by atoms with Crippen molar-refractivity contribution in [1.29, 1.82) is 0 Å². The van der Waals surface area contributed by atoms with Gasteiger partial charge in [-0.15, -0.1) is 4.48 Å². The number of rotatable bonds is 1. The molecule has 1 heterocycles. The van der Waals surface area contributed by atoms with Crippen LogP contribution in [0, 0.1) is 0 Å². The van der Waals surface area contributed by atoms with E-state index in [4.69, 9.17) is 0 Å². The highest BCUT2D eigenvalue weighted by Gasteiger charge is 2.15. The molecule has 1 atom stereocenters. The molecule has 0 aromatic rings. The van der Waals surface area contributed by atoms with Crippen LogP contribution in [0.25, 0.3) is 0 Å². The number of halogens is 1. The summed E-state index contributed by atoms with van der Waals surface area (Å²) >= 11 is 0. The van der Waals surface area contributed by atoms with Gasteiger partial charge in [-0.2, -0.15) is 0 Å². The first-order valence-electron chi connectivity index (χ1n) is 2.95. The standard InChI is InChI=1S/C6H10FN/c1-2-6-4-3-5-8(6)7/h3,5-6H,2,4H2,1H3. The Kier molecular flexibility index (Phi) is 1.51. The minimum absolute atomic E-state index is 0.120. The first-order valence-corrected chi connectivity index (χ1v) is 2.95. The van der Waals surface area contributed by atoms with E-state index in [0.29, 0.717) is 0 Å². The lowest BCUT2D eigenvalue weighted by Crippen LogP contribution is -2.16. The molecule has 1 aliphatic rings. The van der Waals surface area contributed by atoms with Crippen molar-refractivity contribution in [2.75, 3.05) is 0 Å². The van der Waals surface area contributed by atoms with E-state index in [9.17, 15) is 4.48 Å². The van der Waals surface area contributed by atoms with E-state index in [1.807, 2.05) is 13.0 Å². The van der Waals surface area contributed by atoms with Crippen molar-refractivity contribution in [2.24, 2.45) is 0 Å². The van der Waals surface area contributed by atoms with E-state index in [2.05, 4.69) is 0 Å². The van der Waals surface area contributed by atoms with E-state index in [0.717, 1.165) is 18.0 Å². The van der Waals surface area contributed by atoms with Gasteiger partial charge in [-0.3, -0.25) is 0 Å². The van der Waals surface area contributed by atoms with E-state index >= 15 is 0 Å². The molecule has 1 unspecified atom stereocenters. The summed E-state index contributed by atoms with van der Waals surface area (Å²) in [6, 6.07) is 0.120. The third-order valence-corrected chi connectivity index (χ3v) is 1.48. The zero-order chi connectivity index (χ0) is 5.98. The Hall–Kier alpha value is -0.530. The molecule has 0 fully saturated rings. The topological polar surface area (TPSA) is 3.24 Å². The van der Waals surface area contributed by atoms with Gasteiger partial charge in [0.05, 0.1) is 6.04 Å². The molecule has 46 valence electrons. The summed E-state index contributed by atoms with van der Waals surface area (Å²) in [7, 11) is 0. The Morgan fingerprint density at radius 3 is 2.88 bits per heavy atom. The van der Waals surface area contributed by atoms with E-state index in [1.54, 1.807) is 0 Å². The van der Waals surface area contributed by atoms with Gasteiger partial charge in [0.15, 0.2) is 0 Å². The van der Waals surface area contributed by atoms with Crippen LogP contribution in [0.3, 0.4) is 0 Å². The summed E-state index contributed by atoms with van der Waals surface area (Å²) in [6.45, 7) is 1.99. The van der Waals surface area contributed by atoms with Gasteiger partial charge < -0.3 is 0 Å². The molecular formula is C6H10FN. The maximum Gasteiger partial charge on any atom is 0.0641 e. The highest BCUT2D eigenvalue weighted by Crippen LogP contribution is 2.16. The Morgan fingerprint density at radius 1 is 1.88 bits per heavy atom. The molecule has 0 aliphatic carbocycles. The second-order valence-corrected chi connectivity index (χ2v) is 2.03. The number of hydrogen-bond acceptors (Lipinski definition) is 1. The maximum absolute atomic E-state index is 12.3. The summed E-state index contributed by atoms with van der Waals surface area (Å²) in [5.74, 6) is 0. The normalized spacial score (nSPS) is 27.2. The van der Waals surface area contributed by atoms with Gasteiger partial charge in [0.25, 0.3) is 0 Å². The van der Waals surface area contributed by atoms with Gasteiger partial charge >= 0.3 is 0 Å². The average Bonchev–Trinajstić information content (AvgIpc) is 2.14. The summed E-state index contributed by atoms with van der Waals surface area (Å²) < 4.78 is 12.3. The largest absolute Gasteiger partial charge is 0.216 e. The zero-order valence-electron chi connectivity index (χ0n) is 4.97. The van der Waals surface area contributed by atoms with Gasteiger partial charge in [-0.05, 0) is 12.8 Å². The molecule has 0 amide bonds. The Labute approximate surface area is 48.7 Å². The van der Waals surface area contributed by atoms with Crippen LogP contribution in [0.15, 0.2) is 12.3 Å². The van der Waals surface area contributed by atoms with E-state index < -0.39 is 0 Å². The van der Waals surface area contributed by atoms with Gasteiger partial charge in [0, 0.05) is 6.20 Å².